The molecule has 6 heteroatoms. The number of aromatic nitrogens is 1. The fourth-order valence-electron chi connectivity index (χ4n) is 2.13. The van der Waals surface area contributed by atoms with Crippen molar-refractivity contribution in [1.82, 2.24) is 4.98 Å². The summed E-state index contributed by atoms with van der Waals surface area (Å²) in [5.41, 5.74) is 0.490. The van der Waals surface area contributed by atoms with Gasteiger partial charge in [-0.25, -0.2) is 4.98 Å². The molecule has 1 fully saturated rings. The quantitative estimate of drug-likeness (QED) is 0.616. The molecular weight excluding hydrogens is 272 g/mol. The third-order valence-corrected chi connectivity index (χ3v) is 4.33. The molecule has 2 heterocycles. The summed E-state index contributed by atoms with van der Waals surface area (Å²) in [6.07, 6.45) is 2.23. The first-order chi connectivity index (χ1) is 8.74. The van der Waals surface area contributed by atoms with E-state index in [2.05, 4.69) is 9.88 Å². The lowest BCUT2D eigenvalue weighted by molar-refractivity contribution is 0.101. The van der Waals surface area contributed by atoms with E-state index >= 15 is 0 Å². The van der Waals surface area contributed by atoms with Crippen LogP contribution >= 0.6 is 22.9 Å². The summed E-state index contributed by atoms with van der Waals surface area (Å²) in [6.45, 7) is 2.80. The summed E-state index contributed by atoms with van der Waals surface area (Å²) in [4.78, 5) is 18.0. The molecule has 4 nitrogen and oxygen atoms in total. The number of ether oxygens (including phenoxy) is 1. The lowest BCUT2D eigenvalue weighted by Crippen LogP contribution is -2.34. The second kappa shape index (κ2) is 6.50. The van der Waals surface area contributed by atoms with Gasteiger partial charge in [-0.2, -0.15) is 0 Å². The molecule has 1 aromatic rings. The molecule has 0 saturated carbocycles. The van der Waals surface area contributed by atoms with E-state index in [4.69, 9.17) is 16.3 Å². The summed E-state index contributed by atoms with van der Waals surface area (Å²) >= 11 is 7.04. The van der Waals surface area contributed by atoms with Crippen LogP contribution in [-0.2, 0) is 4.74 Å². The highest BCUT2D eigenvalue weighted by molar-refractivity contribution is 7.14. The van der Waals surface area contributed by atoms with Crippen LogP contribution in [0.15, 0.2) is 5.38 Å². The molecule has 0 spiro atoms. The highest BCUT2D eigenvalue weighted by Crippen LogP contribution is 2.26. The number of nitrogens with zero attached hydrogens (tertiary/aromatic N) is 2. The van der Waals surface area contributed by atoms with E-state index in [1.165, 1.54) is 11.3 Å². The Balaban J connectivity index is 1.93. The smallest absolute Gasteiger partial charge is 0.196 e. The zero-order valence-corrected chi connectivity index (χ0v) is 12.0. The minimum atomic E-state index is -0.103. The number of methoxy groups -OCH3 is 1. The van der Waals surface area contributed by atoms with Crippen LogP contribution in [0.5, 0.6) is 0 Å². The number of Topliss-reactive ketones (excluding diaryl/α,β-unsaturated/α-hetero) is 1. The van der Waals surface area contributed by atoms with Gasteiger partial charge in [0.15, 0.2) is 10.9 Å². The van der Waals surface area contributed by atoms with Crippen molar-refractivity contribution in [2.45, 2.75) is 12.8 Å². The van der Waals surface area contributed by atoms with E-state index in [1.807, 2.05) is 0 Å². The molecule has 0 bridgehead atoms. The summed E-state index contributed by atoms with van der Waals surface area (Å²) in [7, 11) is 1.75. The van der Waals surface area contributed by atoms with Crippen LogP contribution in [0.2, 0.25) is 0 Å². The average Bonchev–Trinajstić information content (AvgIpc) is 2.89. The van der Waals surface area contributed by atoms with E-state index in [-0.39, 0.29) is 11.7 Å². The maximum Gasteiger partial charge on any atom is 0.196 e. The van der Waals surface area contributed by atoms with Crippen LogP contribution in [-0.4, -0.2) is 43.5 Å². The normalized spacial score (nSPS) is 17.1. The fraction of sp³-hybridized carbons (Fsp3) is 0.667. The first-order valence-corrected chi connectivity index (χ1v) is 7.44. The zero-order chi connectivity index (χ0) is 13.0. The molecular formula is C12H17ClN2O2S. The summed E-state index contributed by atoms with van der Waals surface area (Å²) < 4.78 is 5.18. The standard InChI is InChI=1S/C12H17ClN2O2S/c1-17-7-9-2-4-15(5-3-9)12-14-10(8-18-12)11(16)6-13/h8-9H,2-7H2,1H3. The summed E-state index contributed by atoms with van der Waals surface area (Å²) in [5, 5.41) is 2.72. The molecule has 2 rings (SSSR count). The van der Waals surface area contributed by atoms with Gasteiger partial charge in [0, 0.05) is 32.2 Å². The maximum absolute atomic E-state index is 11.4. The van der Waals surface area contributed by atoms with Crippen LogP contribution in [0.4, 0.5) is 5.13 Å². The molecule has 0 aliphatic carbocycles. The second-order valence-electron chi connectivity index (χ2n) is 4.46. The third-order valence-electron chi connectivity index (χ3n) is 3.19. The SMILES string of the molecule is COCC1CCN(c2nc(C(=O)CCl)cs2)CC1. The second-order valence-corrected chi connectivity index (χ2v) is 5.56. The average molecular weight is 289 g/mol. The number of carbonyl (C=O) groups excluding carboxylic acids is 1. The van der Waals surface area contributed by atoms with Gasteiger partial charge >= 0.3 is 0 Å². The van der Waals surface area contributed by atoms with Crippen molar-refractivity contribution in [2.75, 3.05) is 37.6 Å². The zero-order valence-electron chi connectivity index (χ0n) is 10.4. The van der Waals surface area contributed by atoms with Crippen LogP contribution in [0.3, 0.4) is 0 Å². The van der Waals surface area contributed by atoms with Crippen molar-refractivity contribution in [3.63, 3.8) is 0 Å². The first kappa shape index (κ1) is 13.8. The van der Waals surface area contributed by atoms with Crippen LogP contribution in [0.25, 0.3) is 0 Å². The Morgan fingerprint density at radius 2 is 2.33 bits per heavy atom. The van der Waals surface area contributed by atoms with Crippen molar-refractivity contribution in [1.29, 1.82) is 0 Å². The predicted octanol–water partition coefficient (Wildman–Crippen LogP) is 2.43. The molecule has 1 saturated heterocycles. The highest BCUT2D eigenvalue weighted by atomic mass is 35.5. The van der Waals surface area contributed by atoms with E-state index in [1.54, 1.807) is 12.5 Å². The first-order valence-electron chi connectivity index (χ1n) is 6.03. The van der Waals surface area contributed by atoms with Crippen molar-refractivity contribution in [3.8, 4) is 0 Å². The number of hydrogen-bond donors (Lipinski definition) is 0. The number of ketones is 1. The Kier molecular flexibility index (Phi) is 4.97. The Hall–Kier alpha value is -0.650. The van der Waals surface area contributed by atoms with Gasteiger partial charge < -0.3 is 9.64 Å². The van der Waals surface area contributed by atoms with Crippen molar-refractivity contribution < 1.29 is 9.53 Å². The Labute approximate surface area is 116 Å². The summed E-state index contributed by atoms with van der Waals surface area (Å²) in [5.74, 6) is 0.544. The number of rotatable bonds is 5. The number of hydrogen-bond acceptors (Lipinski definition) is 5. The van der Waals surface area contributed by atoms with Crippen LogP contribution in [0, 0.1) is 5.92 Å². The molecule has 0 aromatic carbocycles. The monoisotopic (exact) mass is 288 g/mol. The minimum Gasteiger partial charge on any atom is -0.384 e. The van der Waals surface area contributed by atoms with Gasteiger partial charge in [0.2, 0.25) is 0 Å². The molecule has 1 aromatic heterocycles. The van der Waals surface area contributed by atoms with Gasteiger partial charge in [0.05, 0.1) is 5.88 Å². The van der Waals surface area contributed by atoms with E-state index in [9.17, 15) is 4.79 Å². The van der Waals surface area contributed by atoms with Gasteiger partial charge in [-0.05, 0) is 18.8 Å². The number of alkyl halides is 1. The van der Waals surface area contributed by atoms with Gasteiger partial charge in [-0.15, -0.1) is 22.9 Å². The highest BCUT2D eigenvalue weighted by Gasteiger charge is 2.21. The lowest BCUT2D eigenvalue weighted by atomic mass is 9.98. The van der Waals surface area contributed by atoms with Crippen LogP contribution in [0.1, 0.15) is 23.3 Å². The number of thiazole rings is 1. The third kappa shape index (κ3) is 3.22. The summed E-state index contributed by atoms with van der Waals surface area (Å²) in [6, 6.07) is 0. The van der Waals surface area contributed by atoms with Gasteiger partial charge in [-0.3, -0.25) is 4.79 Å². The number of anilines is 1. The maximum atomic E-state index is 11.4. The number of halogens is 1. The minimum absolute atomic E-state index is 0.000906. The molecule has 1 aliphatic heterocycles. The van der Waals surface area contributed by atoms with E-state index in [0.29, 0.717) is 11.6 Å². The molecule has 0 amide bonds. The molecule has 0 N–H and O–H groups in total. The van der Waals surface area contributed by atoms with Crippen molar-refractivity contribution in [2.24, 2.45) is 5.92 Å². The molecule has 0 atom stereocenters. The fourth-order valence-corrected chi connectivity index (χ4v) is 3.15. The Morgan fingerprint density at radius 3 is 2.94 bits per heavy atom. The molecule has 0 unspecified atom stereocenters. The van der Waals surface area contributed by atoms with Gasteiger partial charge in [-0.1, -0.05) is 0 Å². The predicted molar refractivity (Wildman–Crippen MR) is 74.0 cm³/mol. The van der Waals surface area contributed by atoms with E-state index < -0.39 is 0 Å². The topological polar surface area (TPSA) is 42.4 Å². The molecule has 0 radical (unpaired) electrons. The van der Waals surface area contributed by atoms with Gasteiger partial charge in [0.25, 0.3) is 0 Å². The van der Waals surface area contributed by atoms with Crippen molar-refractivity contribution in [3.05, 3.63) is 11.1 Å². The molecule has 1 aliphatic rings. The van der Waals surface area contributed by atoms with Gasteiger partial charge in [0.1, 0.15) is 5.69 Å². The van der Waals surface area contributed by atoms with Crippen molar-refractivity contribution >= 4 is 33.9 Å². The van der Waals surface area contributed by atoms with E-state index in [0.717, 1.165) is 37.7 Å². The largest absolute Gasteiger partial charge is 0.384 e. The molecule has 100 valence electrons. The Bertz CT molecular complexity index is 403. The number of carbonyl (C=O) groups is 1. The lowest BCUT2D eigenvalue weighted by Gasteiger charge is -2.31. The Morgan fingerprint density at radius 1 is 1.61 bits per heavy atom. The molecule has 18 heavy (non-hydrogen) atoms. The number of piperidine rings is 1. The van der Waals surface area contributed by atoms with Crippen LogP contribution < -0.4 is 4.90 Å².